The second kappa shape index (κ2) is 11.7. The number of para-hydroxylation sites is 1. The van der Waals surface area contributed by atoms with Gasteiger partial charge < -0.3 is 10.2 Å². The van der Waals surface area contributed by atoms with Crippen LogP contribution >= 0.6 is 23.4 Å². The molecule has 0 spiro atoms. The Morgan fingerprint density at radius 2 is 1.63 bits per heavy atom. The molecule has 2 amide bonds. The fourth-order valence-corrected chi connectivity index (χ4v) is 5.36. The Labute approximate surface area is 230 Å². The van der Waals surface area contributed by atoms with Crippen LogP contribution in [0.4, 0.5) is 10.1 Å². The van der Waals surface area contributed by atoms with Crippen LogP contribution in [0.25, 0.3) is 6.08 Å². The highest BCUT2D eigenvalue weighted by molar-refractivity contribution is 8.04. The Morgan fingerprint density at radius 3 is 2.39 bits per heavy atom. The van der Waals surface area contributed by atoms with Gasteiger partial charge in [-0.2, -0.15) is 0 Å². The lowest BCUT2D eigenvalue weighted by atomic mass is 10.1. The van der Waals surface area contributed by atoms with Crippen LogP contribution in [-0.4, -0.2) is 18.4 Å². The minimum absolute atomic E-state index is 0.134. The Balaban J connectivity index is 1.29. The van der Waals surface area contributed by atoms with Crippen LogP contribution in [0.3, 0.4) is 0 Å². The van der Waals surface area contributed by atoms with Crippen molar-refractivity contribution in [3.05, 3.63) is 135 Å². The largest absolute Gasteiger partial charge is 0.352 e. The molecule has 0 saturated carbocycles. The zero-order valence-electron chi connectivity index (χ0n) is 20.4. The monoisotopic (exact) mass is 542 g/mol. The van der Waals surface area contributed by atoms with Gasteiger partial charge in [-0.3, -0.25) is 9.59 Å². The molecule has 1 N–H and O–H groups in total. The van der Waals surface area contributed by atoms with Crippen molar-refractivity contribution < 1.29 is 14.0 Å². The molecule has 0 aromatic heterocycles. The fraction of sp³-hybridized carbons (Fsp3) is 0.0968. The summed E-state index contributed by atoms with van der Waals surface area (Å²) in [6.45, 7) is 0.643. The van der Waals surface area contributed by atoms with E-state index in [-0.39, 0.29) is 24.2 Å². The van der Waals surface area contributed by atoms with Crippen molar-refractivity contribution in [2.45, 2.75) is 17.9 Å². The summed E-state index contributed by atoms with van der Waals surface area (Å²) in [4.78, 5) is 29.1. The van der Waals surface area contributed by atoms with E-state index in [1.807, 2.05) is 60.7 Å². The number of nitrogens with zero attached hydrogens (tertiary/aromatic N) is 1. The number of carbonyl (C=O) groups excluding carboxylic acids is 2. The molecule has 0 aliphatic carbocycles. The van der Waals surface area contributed by atoms with Crippen LogP contribution in [0.5, 0.6) is 0 Å². The number of thioether (sulfide) groups is 1. The highest BCUT2D eigenvalue weighted by Gasteiger charge is 2.29. The lowest BCUT2D eigenvalue weighted by molar-refractivity contribution is -0.114. The number of fused-ring (bicyclic) bond motifs is 1. The quantitative estimate of drug-likeness (QED) is 0.253. The van der Waals surface area contributed by atoms with Crippen LogP contribution in [-0.2, 0) is 17.8 Å². The second-order valence-corrected chi connectivity index (χ2v) is 10.3. The molecule has 4 nitrogen and oxygen atoms in total. The summed E-state index contributed by atoms with van der Waals surface area (Å²) in [6.07, 6.45) is 2.51. The van der Waals surface area contributed by atoms with Gasteiger partial charge in [-0.1, -0.05) is 78.0 Å². The molecule has 0 atom stereocenters. The van der Waals surface area contributed by atoms with Crippen molar-refractivity contribution in [1.29, 1.82) is 0 Å². The van der Waals surface area contributed by atoms with Crippen molar-refractivity contribution in [2.24, 2.45) is 0 Å². The van der Waals surface area contributed by atoms with E-state index in [1.54, 1.807) is 41.3 Å². The van der Waals surface area contributed by atoms with Gasteiger partial charge in [0.1, 0.15) is 5.82 Å². The molecule has 38 heavy (non-hydrogen) atoms. The van der Waals surface area contributed by atoms with E-state index in [4.69, 9.17) is 11.6 Å². The maximum absolute atomic E-state index is 14.4. The summed E-state index contributed by atoms with van der Waals surface area (Å²) >= 11 is 7.30. The Kier molecular flexibility index (Phi) is 7.91. The summed E-state index contributed by atoms with van der Waals surface area (Å²) < 4.78 is 14.4. The van der Waals surface area contributed by atoms with Crippen molar-refractivity contribution in [3.8, 4) is 0 Å². The number of benzene rings is 4. The van der Waals surface area contributed by atoms with Crippen molar-refractivity contribution >= 4 is 46.9 Å². The first-order chi connectivity index (χ1) is 18.5. The van der Waals surface area contributed by atoms with E-state index in [1.165, 1.54) is 17.8 Å². The predicted molar refractivity (Wildman–Crippen MR) is 152 cm³/mol. The second-order valence-electron chi connectivity index (χ2n) is 8.82. The van der Waals surface area contributed by atoms with Gasteiger partial charge in [-0.25, -0.2) is 4.39 Å². The van der Waals surface area contributed by atoms with Crippen molar-refractivity contribution in [1.82, 2.24) is 5.32 Å². The average Bonchev–Trinajstić information content (AvgIpc) is 2.93. The number of nitrogens with one attached hydrogen (secondary N) is 1. The number of rotatable bonds is 7. The SMILES string of the molecule is O=C(NCCc1ccc(Cl)cc1)c1ccc(/C=C2\Sc3ccccc3N(Cc3ccccc3F)C2=O)cc1. The van der Waals surface area contributed by atoms with Gasteiger partial charge in [0.25, 0.3) is 11.8 Å². The molecule has 1 aliphatic rings. The van der Waals surface area contributed by atoms with Gasteiger partial charge >= 0.3 is 0 Å². The summed E-state index contributed by atoms with van der Waals surface area (Å²) in [5.74, 6) is -0.698. The molecular formula is C31H24ClFN2O2S. The molecule has 5 rings (SSSR count). The van der Waals surface area contributed by atoms with E-state index >= 15 is 0 Å². The Bertz CT molecular complexity index is 1500. The third-order valence-corrected chi connectivity index (χ3v) is 7.53. The molecule has 0 bridgehead atoms. The molecule has 1 heterocycles. The van der Waals surface area contributed by atoms with Crippen LogP contribution in [0.15, 0.2) is 107 Å². The highest BCUT2D eigenvalue weighted by Crippen LogP contribution is 2.42. The van der Waals surface area contributed by atoms with Crippen LogP contribution < -0.4 is 10.2 Å². The van der Waals surface area contributed by atoms with Gasteiger partial charge in [-0.15, -0.1) is 0 Å². The summed E-state index contributed by atoms with van der Waals surface area (Å²) in [7, 11) is 0. The number of hydrogen-bond donors (Lipinski definition) is 1. The van der Waals surface area contributed by atoms with E-state index in [0.29, 0.717) is 34.0 Å². The predicted octanol–water partition coefficient (Wildman–Crippen LogP) is 7.13. The van der Waals surface area contributed by atoms with Gasteiger partial charge in [0.15, 0.2) is 0 Å². The minimum Gasteiger partial charge on any atom is -0.352 e. The molecule has 190 valence electrons. The van der Waals surface area contributed by atoms with Crippen LogP contribution in [0, 0.1) is 5.82 Å². The maximum Gasteiger partial charge on any atom is 0.265 e. The normalized spacial score (nSPS) is 13.9. The molecule has 0 radical (unpaired) electrons. The maximum atomic E-state index is 14.4. The molecule has 7 heteroatoms. The summed E-state index contributed by atoms with van der Waals surface area (Å²) in [6, 6.07) is 28.8. The molecule has 0 fully saturated rings. The van der Waals surface area contributed by atoms with Gasteiger partial charge in [0.2, 0.25) is 0 Å². The lowest BCUT2D eigenvalue weighted by Crippen LogP contribution is -2.34. The highest BCUT2D eigenvalue weighted by atomic mass is 35.5. The number of amides is 2. The Morgan fingerprint density at radius 1 is 0.921 bits per heavy atom. The minimum atomic E-state index is -0.344. The topological polar surface area (TPSA) is 49.4 Å². The van der Waals surface area contributed by atoms with E-state index in [2.05, 4.69) is 5.32 Å². The summed E-state index contributed by atoms with van der Waals surface area (Å²) in [5.41, 5.74) is 3.64. The fourth-order valence-electron chi connectivity index (χ4n) is 4.17. The zero-order valence-corrected chi connectivity index (χ0v) is 21.9. The van der Waals surface area contributed by atoms with Gasteiger partial charge in [0, 0.05) is 27.6 Å². The summed E-state index contributed by atoms with van der Waals surface area (Å²) in [5, 5.41) is 3.62. The lowest BCUT2D eigenvalue weighted by Gasteiger charge is -2.30. The zero-order chi connectivity index (χ0) is 26.5. The molecule has 0 saturated heterocycles. The van der Waals surface area contributed by atoms with Gasteiger partial charge in [-0.05, 0) is 66.1 Å². The van der Waals surface area contributed by atoms with Crippen molar-refractivity contribution in [3.63, 3.8) is 0 Å². The van der Waals surface area contributed by atoms with E-state index in [9.17, 15) is 14.0 Å². The smallest absolute Gasteiger partial charge is 0.265 e. The molecule has 4 aromatic carbocycles. The Hall–Kier alpha value is -3.87. The number of anilines is 1. The third-order valence-electron chi connectivity index (χ3n) is 6.20. The van der Waals surface area contributed by atoms with E-state index in [0.717, 1.165) is 21.7 Å². The first kappa shape index (κ1) is 25.8. The van der Waals surface area contributed by atoms with Gasteiger partial charge in [0.05, 0.1) is 17.1 Å². The molecule has 1 aliphatic heterocycles. The first-order valence-corrected chi connectivity index (χ1v) is 13.3. The standard InChI is InChI=1S/C31H24ClFN2O2S/c32-25-15-11-21(12-16-25)17-18-34-30(36)23-13-9-22(10-14-23)19-29-31(37)35(20-24-5-1-2-6-26(24)33)27-7-3-4-8-28(27)38-29/h1-16,19H,17-18,20H2,(H,34,36)/b29-19-. The molecule has 4 aromatic rings. The molecular weight excluding hydrogens is 519 g/mol. The van der Waals surface area contributed by atoms with Crippen LogP contribution in [0.2, 0.25) is 5.02 Å². The number of carbonyl (C=O) groups is 2. The van der Waals surface area contributed by atoms with Crippen molar-refractivity contribution in [2.75, 3.05) is 11.4 Å². The number of hydrogen-bond acceptors (Lipinski definition) is 3. The average molecular weight is 543 g/mol. The number of halogens is 2. The molecule has 0 unspecified atom stereocenters. The van der Waals surface area contributed by atoms with Crippen LogP contribution in [0.1, 0.15) is 27.0 Å². The third kappa shape index (κ3) is 5.98. The first-order valence-electron chi connectivity index (χ1n) is 12.1. The van der Waals surface area contributed by atoms with E-state index < -0.39 is 0 Å².